The molecular formula is C20H24N2O6S. The molecule has 0 spiro atoms. The first-order valence-electron chi connectivity index (χ1n) is 9.45. The molecule has 1 amide bonds. The number of carbonyl (C=O) groups is 3. The lowest BCUT2D eigenvalue weighted by Crippen LogP contribution is -2.42. The molecule has 2 heterocycles. The van der Waals surface area contributed by atoms with Crippen molar-refractivity contribution < 1.29 is 27.5 Å². The van der Waals surface area contributed by atoms with Gasteiger partial charge < -0.3 is 4.74 Å². The molecule has 1 atom stereocenters. The van der Waals surface area contributed by atoms with E-state index in [0.29, 0.717) is 12.0 Å². The summed E-state index contributed by atoms with van der Waals surface area (Å²) in [4.78, 5) is 37.0. The predicted octanol–water partition coefficient (Wildman–Crippen LogP) is 1.50. The average molecular weight is 420 g/mol. The van der Waals surface area contributed by atoms with Gasteiger partial charge in [-0.3, -0.25) is 9.59 Å². The minimum absolute atomic E-state index is 0.000562. The Labute approximate surface area is 169 Å². The lowest BCUT2D eigenvalue weighted by molar-refractivity contribution is -0.136. The topological polar surface area (TPSA) is 110 Å². The second-order valence-corrected chi connectivity index (χ2v) is 9.82. The van der Waals surface area contributed by atoms with E-state index in [-0.39, 0.29) is 41.7 Å². The number of benzene rings is 1. The first kappa shape index (κ1) is 21.2. The number of esters is 1. The monoisotopic (exact) mass is 420 g/mol. The fourth-order valence-electron chi connectivity index (χ4n) is 3.53. The standard InChI is InChI=1S/C20H24N2O6S/c1-12-8-14(3)16(9-13(12)2)18(23)10-28-20(25)17-4-5-19(24)22(21-17)15-6-7-29(26,27)11-15/h8-9,15H,4-7,10-11H2,1-3H3/t15-/m1/s1. The van der Waals surface area contributed by atoms with Crippen LogP contribution < -0.4 is 0 Å². The van der Waals surface area contributed by atoms with Gasteiger partial charge in [-0.05, 0) is 49.9 Å². The van der Waals surface area contributed by atoms with Crippen LogP contribution in [0.3, 0.4) is 0 Å². The normalized spacial score (nSPS) is 21.1. The second kappa shape index (κ2) is 8.06. The second-order valence-electron chi connectivity index (χ2n) is 7.59. The van der Waals surface area contributed by atoms with Crippen molar-refractivity contribution in [1.29, 1.82) is 0 Å². The number of amides is 1. The van der Waals surface area contributed by atoms with E-state index >= 15 is 0 Å². The molecule has 1 fully saturated rings. The van der Waals surface area contributed by atoms with Gasteiger partial charge in [-0.25, -0.2) is 18.2 Å². The Bertz CT molecular complexity index is 1010. The van der Waals surface area contributed by atoms with E-state index in [1.165, 1.54) is 0 Å². The van der Waals surface area contributed by atoms with Gasteiger partial charge >= 0.3 is 5.97 Å². The third kappa shape index (κ3) is 4.72. The molecule has 2 aliphatic heterocycles. The third-order valence-corrected chi connectivity index (χ3v) is 7.08. The number of hydrazone groups is 1. The average Bonchev–Trinajstić information content (AvgIpc) is 3.02. The van der Waals surface area contributed by atoms with Gasteiger partial charge in [0.15, 0.2) is 16.4 Å². The number of nitrogens with zero attached hydrogens (tertiary/aromatic N) is 2. The van der Waals surface area contributed by atoms with Crippen molar-refractivity contribution in [3.63, 3.8) is 0 Å². The summed E-state index contributed by atoms with van der Waals surface area (Å²) in [6, 6.07) is 3.13. The molecule has 0 saturated carbocycles. The highest BCUT2D eigenvalue weighted by Crippen LogP contribution is 2.22. The summed E-state index contributed by atoms with van der Waals surface area (Å²) in [5, 5.41) is 5.15. The number of rotatable bonds is 5. The molecule has 2 aliphatic rings. The van der Waals surface area contributed by atoms with Gasteiger partial charge in [-0.1, -0.05) is 6.07 Å². The maximum Gasteiger partial charge on any atom is 0.354 e. The van der Waals surface area contributed by atoms with Crippen LogP contribution in [-0.4, -0.2) is 61.0 Å². The molecular weight excluding hydrogens is 396 g/mol. The zero-order valence-electron chi connectivity index (χ0n) is 16.7. The number of sulfone groups is 1. The van der Waals surface area contributed by atoms with Gasteiger partial charge in [0, 0.05) is 18.4 Å². The number of ether oxygens (including phenoxy) is 1. The zero-order valence-corrected chi connectivity index (χ0v) is 17.5. The Morgan fingerprint density at radius 2 is 1.83 bits per heavy atom. The SMILES string of the molecule is Cc1cc(C)c(C(=O)COC(=O)C2=NN([C@@H]3CCS(=O)(=O)C3)C(=O)CC2)cc1C. The Morgan fingerprint density at radius 1 is 1.14 bits per heavy atom. The molecule has 0 unspecified atom stereocenters. The highest BCUT2D eigenvalue weighted by Gasteiger charge is 2.37. The van der Waals surface area contributed by atoms with Crippen LogP contribution in [0.5, 0.6) is 0 Å². The maximum atomic E-state index is 12.5. The van der Waals surface area contributed by atoms with E-state index in [2.05, 4.69) is 5.10 Å². The van der Waals surface area contributed by atoms with Gasteiger partial charge in [-0.2, -0.15) is 5.10 Å². The van der Waals surface area contributed by atoms with Crippen molar-refractivity contribution >= 4 is 33.2 Å². The lowest BCUT2D eigenvalue weighted by Gasteiger charge is -2.27. The lowest BCUT2D eigenvalue weighted by atomic mass is 9.98. The van der Waals surface area contributed by atoms with Crippen molar-refractivity contribution in [1.82, 2.24) is 5.01 Å². The van der Waals surface area contributed by atoms with Crippen molar-refractivity contribution in [2.24, 2.45) is 5.10 Å². The molecule has 0 N–H and O–H groups in total. The first-order valence-corrected chi connectivity index (χ1v) is 11.3. The van der Waals surface area contributed by atoms with Crippen molar-refractivity contribution in [3.8, 4) is 0 Å². The third-order valence-electron chi connectivity index (χ3n) is 5.33. The zero-order chi connectivity index (χ0) is 21.3. The first-order chi connectivity index (χ1) is 13.6. The fourth-order valence-corrected chi connectivity index (χ4v) is 5.22. The molecule has 0 aromatic heterocycles. The molecule has 9 heteroatoms. The molecule has 29 heavy (non-hydrogen) atoms. The number of hydrogen-bond donors (Lipinski definition) is 0. The Morgan fingerprint density at radius 3 is 2.48 bits per heavy atom. The summed E-state index contributed by atoms with van der Waals surface area (Å²) < 4.78 is 28.5. The predicted molar refractivity (Wildman–Crippen MR) is 107 cm³/mol. The molecule has 0 radical (unpaired) electrons. The highest BCUT2D eigenvalue weighted by molar-refractivity contribution is 7.91. The number of hydrogen-bond acceptors (Lipinski definition) is 7. The van der Waals surface area contributed by atoms with E-state index in [9.17, 15) is 22.8 Å². The molecule has 1 aromatic rings. The van der Waals surface area contributed by atoms with E-state index in [1.54, 1.807) is 6.07 Å². The van der Waals surface area contributed by atoms with Crippen LogP contribution in [0, 0.1) is 20.8 Å². The summed E-state index contributed by atoms with van der Waals surface area (Å²) in [5.41, 5.74) is 3.38. The number of Topliss-reactive ketones (excluding diaryl/α,β-unsaturated/α-hetero) is 1. The van der Waals surface area contributed by atoms with E-state index in [0.717, 1.165) is 21.7 Å². The van der Waals surface area contributed by atoms with Crippen LogP contribution in [0.2, 0.25) is 0 Å². The summed E-state index contributed by atoms with van der Waals surface area (Å²) in [5.74, 6) is -1.55. The molecule has 8 nitrogen and oxygen atoms in total. The quantitative estimate of drug-likeness (QED) is 0.527. The Balaban J connectivity index is 1.67. The number of ketones is 1. The summed E-state index contributed by atoms with van der Waals surface area (Å²) in [6.45, 7) is 5.27. The van der Waals surface area contributed by atoms with Gasteiger partial charge in [0.2, 0.25) is 11.7 Å². The largest absolute Gasteiger partial charge is 0.453 e. The van der Waals surface area contributed by atoms with E-state index in [4.69, 9.17) is 4.74 Å². The van der Waals surface area contributed by atoms with Crippen LogP contribution in [0.1, 0.15) is 46.3 Å². The molecule has 0 bridgehead atoms. The minimum atomic E-state index is -3.19. The van der Waals surface area contributed by atoms with Gasteiger partial charge in [0.1, 0.15) is 5.71 Å². The van der Waals surface area contributed by atoms with Crippen LogP contribution in [0.4, 0.5) is 0 Å². The number of carbonyl (C=O) groups excluding carboxylic acids is 3. The van der Waals surface area contributed by atoms with Gasteiger partial charge in [0.05, 0.1) is 17.5 Å². The smallest absolute Gasteiger partial charge is 0.354 e. The highest BCUT2D eigenvalue weighted by atomic mass is 32.2. The molecule has 3 rings (SSSR count). The number of aryl methyl sites for hydroxylation is 3. The van der Waals surface area contributed by atoms with Crippen LogP contribution in [-0.2, 0) is 24.2 Å². The van der Waals surface area contributed by atoms with Crippen LogP contribution in [0.25, 0.3) is 0 Å². The fraction of sp³-hybridized carbons (Fsp3) is 0.500. The summed E-state index contributed by atoms with van der Waals surface area (Å²) in [7, 11) is -3.19. The molecule has 1 aromatic carbocycles. The Hall–Kier alpha value is -2.55. The minimum Gasteiger partial charge on any atom is -0.453 e. The van der Waals surface area contributed by atoms with Crippen LogP contribution in [0.15, 0.2) is 17.2 Å². The van der Waals surface area contributed by atoms with Crippen molar-refractivity contribution in [2.75, 3.05) is 18.1 Å². The Kier molecular flexibility index (Phi) is 5.88. The van der Waals surface area contributed by atoms with Gasteiger partial charge in [0.25, 0.3) is 0 Å². The van der Waals surface area contributed by atoms with Crippen molar-refractivity contribution in [3.05, 3.63) is 34.4 Å². The molecule has 0 aliphatic carbocycles. The molecule has 156 valence electrons. The maximum absolute atomic E-state index is 12.5. The summed E-state index contributed by atoms with van der Waals surface area (Å²) in [6.07, 6.45) is 0.448. The van der Waals surface area contributed by atoms with E-state index < -0.39 is 28.5 Å². The summed E-state index contributed by atoms with van der Waals surface area (Å²) >= 11 is 0. The van der Waals surface area contributed by atoms with E-state index in [1.807, 2.05) is 26.8 Å². The van der Waals surface area contributed by atoms with Gasteiger partial charge in [-0.15, -0.1) is 0 Å². The van der Waals surface area contributed by atoms with Crippen LogP contribution >= 0.6 is 0 Å². The molecule has 1 saturated heterocycles. The van der Waals surface area contributed by atoms with Crippen molar-refractivity contribution in [2.45, 2.75) is 46.1 Å².